The third-order valence-electron chi connectivity index (χ3n) is 3.05. The number of aryl methyl sites for hydroxylation is 2. The van der Waals surface area contributed by atoms with Gasteiger partial charge in [-0.2, -0.15) is 0 Å². The van der Waals surface area contributed by atoms with Crippen molar-refractivity contribution in [2.75, 3.05) is 0 Å². The maximum Gasteiger partial charge on any atom is 0.0805 e. The van der Waals surface area contributed by atoms with Gasteiger partial charge in [0.05, 0.1) is 6.04 Å². The molecule has 3 N–H and O–H groups in total. The van der Waals surface area contributed by atoms with Gasteiger partial charge in [-0.3, -0.25) is 5.84 Å². The molecule has 90 valence electrons. The number of hydrogen-bond acceptors (Lipinski definition) is 3. The summed E-state index contributed by atoms with van der Waals surface area (Å²) in [5.74, 6) is 5.69. The van der Waals surface area contributed by atoms with Gasteiger partial charge in [-0.15, -0.1) is 11.3 Å². The number of thiophene rings is 1. The molecule has 1 heterocycles. The second-order valence-electron chi connectivity index (χ2n) is 4.16. The van der Waals surface area contributed by atoms with Crippen molar-refractivity contribution in [3.05, 3.63) is 57.3 Å². The first-order valence-electron chi connectivity index (χ1n) is 5.85. The van der Waals surface area contributed by atoms with Gasteiger partial charge in [0, 0.05) is 4.88 Å². The van der Waals surface area contributed by atoms with Gasteiger partial charge >= 0.3 is 0 Å². The molecule has 3 heteroatoms. The smallest absolute Gasteiger partial charge is 0.0805 e. The molecule has 1 aromatic carbocycles. The number of benzene rings is 1. The molecule has 0 saturated heterocycles. The first kappa shape index (κ1) is 12.3. The minimum atomic E-state index is 0.0981. The monoisotopic (exact) mass is 246 g/mol. The van der Waals surface area contributed by atoms with Crippen molar-refractivity contribution in [2.24, 2.45) is 5.84 Å². The average molecular weight is 246 g/mol. The molecule has 0 aliphatic heterocycles. The molecule has 1 atom stereocenters. The van der Waals surface area contributed by atoms with Gasteiger partial charge in [0.15, 0.2) is 0 Å². The van der Waals surface area contributed by atoms with Gasteiger partial charge in [-0.05, 0) is 41.5 Å². The molecule has 1 aromatic heterocycles. The van der Waals surface area contributed by atoms with E-state index in [1.165, 1.54) is 21.6 Å². The average Bonchev–Trinajstić information content (AvgIpc) is 2.78. The molecule has 0 radical (unpaired) electrons. The molecule has 0 aliphatic carbocycles. The largest absolute Gasteiger partial charge is 0.271 e. The topological polar surface area (TPSA) is 38.0 Å². The summed E-state index contributed by atoms with van der Waals surface area (Å²) in [7, 11) is 0. The van der Waals surface area contributed by atoms with Gasteiger partial charge in [-0.25, -0.2) is 5.43 Å². The van der Waals surface area contributed by atoms with Crippen LogP contribution in [0.2, 0.25) is 0 Å². The first-order chi connectivity index (χ1) is 8.26. The molecule has 2 aromatic rings. The molecule has 0 amide bonds. The lowest BCUT2D eigenvalue weighted by Crippen LogP contribution is -2.28. The SMILES string of the molecule is CCc1ccc(C(NN)c2sccc2C)cc1. The minimum absolute atomic E-state index is 0.0981. The fourth-order valence-electron chi connectivity index (χ4n) is 1.95. The number of nitrogens with one attached hydrogen (secondary N) is 1. The Morgan fingerprint density at radius 1 is 1.24 bits per heavy atom. The zero-order valence-corrected chi connectivity index (χ0v) is 11.1. The van der Waals surface area contributed by atoms with E-state index < -0.39 is 0 Å². The van der Waals surface area contributed by atoms with E-state index in [9.17, 15) is 0 Å². The molecule has 0 fully saturated rings. The molecular weight excluding hydrogens is 228 g/mol. The molecule has 17 heavy (non-hydrogen) atoms. The van der Waals surface area contributed by atoms with Crippen LogP contribution < -0.4 is 11.3 Å². The van der Waals surface area contributed by atoms with Crippen LogP contribution >= 0.6 is 11.3 Å². The lowest BCUT2D eigenvalue weighted by molar-refractivity contribution is 0.643. The molecule has 0 aliphatic rings. The Kier molecular flexibility index (Phi) is 3.94. The Labute approximate surface area is 106 Å². The van der Waals surface area contributed by atoms with Crippen molar-refractivity contribution in [1.29, 1.82) is 0 Å². The van der Waals surface area contributed by atoms with Gasteiger partial charge in [0.1, 0.15) is 0 Å². The van der Waals surface area contributed by atoms with E-state index in [4.69, 9.17) is 5.84 Å². The summed E-state index contributed by atoms with van der Waals surface area (Å²) in [4.78, 5) is 1.29. The highest BCUT2D eigenvalue weighted by atomic mass is 32.1. The Balaban J connectivity index is 2.32. The molecule has 2 nitrogen and oxygen atoms in total. The lowest BCUT2D eigenvalue weighted by atomic mass is 10.0. The van der Waals surface area contributed by atoms with E-state index in [2.05, 4.69) is 55.0 Å². The van der Waals surface area contributed by atoms with Crippen LogP contribution in [-0.4, -0.2) is 0 Å². The summed E-state index contributed by atoms with van der Waals surface area (Å²) in [6, 6.07) is 10.9. The van der Waals surface area contributed by atoms with E-state index in [1.54, 1.807) is 11.3 Å². The molecule has 0 saturated carbocycles. The van der Waals surface area contributed by atoms with Gasteiger partial charge in [-0.1, -0.05) is 31.2 Å². The predicted molar refractivity (Wildman–Crippen MR) is 74.0 cm³/mol. The standard InChI is InChI=1S/C14H18N2S/c1-3-11-4-6-12(7-5-11)13(16-15)14-10(2)8-9-17-14/h4-9,13,16H,3,15H2,1-2H3. The van der Waals surface area contributed by atoms with Crippen molar-refractivity contribution in [1.82, 2.24) is 5.43 Å². The number of nitrogens with two attached hydrogens (primary N) is 1. The molecule has 2 rings (SSSR count). The Hall–Kier alpha value is -1.16. The summed E-state index contributed by atoms with van der Waals surface area (Å²) in [6.07, 6.45) is 1.07. The van der Waals surface area contributed by atoms with Crippen LogP contribution in [-0.2, 0) is 6.42 Å². The Bertz CT molecular complexity index is 473. The second kappa shape index (κ2) is 5.45. The fraction of sp³-hybridized carbons (Fsp3) is 0.286. The van der Waals surface area contributed by atoms with E-state index in [-0.39, 0.29) is 6.04 Å². The number of hydrazine groups is 1. The van der Waals surface area contributed by atoms with Gasteiger partial charge in [0.25, 0.3) is 0 Å². The van der Waals surface area contributed by atoms with Crippen molar-refractivity contribution in [2.45, 2.75) is 26.3 Å². The van der Waals surface area contributed by atoms with Crippen LogP contribution in [0, 0.1) is 6.92 Å². The molecule has 1 unspecified atom stereocenters. The molecular formula is C14H18N2S. The Morgan fingerprint density at radius 3 is 2.41 bits per heavy atom. The Morgan fingerprint density at radius 2 is 1.94 bits per heavy atom. The summed E-state index contributed by atoms with van der Waals surface area (Å²) in [5, 5.41) is 2.11. The highest BCUT2D eigenvalue weighted by molar-refractivity contribution is 7.10. The van der Waals surface area contributed by atoms with Crippen LogP contribution in [0.25, 0.3) is 0 Å². The van der Waals surface area contributed by atoms with Crippen LogP contribution in [0.5, 0.6) is 0 Å². The van der Waals surface area contributed by atoms with Crippen molar-refractivity contribution < 1.29 is 0 Å². The van der Waals surface area contributed by atoms with Gasteiger partial charge < -0.3 is 0 Å². The van der Waals surface area contributed by atoms with E-state index in [0.717, 1.165) is 6.42 Å². The van der Waals surface area contributed by atoms with E-state index in [1.807, 2.05) is 0 Å². The van der Waals surface area contributed by atoms with Gasteiger partial charge in [0.2, 0.25) is 0 Å². The highest BCUT2D eigenvalue weighted by Gasteiger charge is 2.15. The second-order valence-corrected chi connectivity index (χ2v) is 5.11. The number of hydrogen-bond donors (Lipinski definition) is 2. The molecule has 0 bridgehead atoms. The molecule has 0 spiro atoms. The highest BCUT2D eigenvalue weighted by Crippen LogP contribution is 2.28. The summed E-state index contributed by atoms with van der Waals surface area (Å²) >= 11 is 1.74. The zero-order chi connectivity index (χ0) is 12.3. The van der Waals surface area contributed by atoms with Crippen molar-refractivity contribution in [3.63, 3.8) is 0 Å². The summed E-state index contributed by atoms with van der Waals surface area (Å²) in [5.41, 5.74) is 6.77. The van der Waals surface area contributed by atoms with Crippen LogP contribution in [0.15, 0.2) is 35.7 Å². The summed E-state index contributed by atoms with van der Waals surface area (Å²) < 4.78 is 0. The van der Waals surface area contributed by atoms with E-state index in [0.29, 0.717) is 0 Å². The maximum absolute atomic E-state index is 5.69. The number of rotatable bonds is 4. The maximum atomic E-state index is 5.69. The van der Waals surface area contributed by atoms with Crippen LogP contribution in [0.4, 0.5) is 0 Å². The van der Waals surface area contributed by atoms with Crippen LogP contribution in [0.1, 0.15) is 34.5 Å². The third kappa shape index (κ3) is 2.57. The van der Waals surface area contributed by atoms with E-state index >= 15 is 0 Å². The zero-order valence-electron chi connectivity index (χ0n) is 10.2. The summed E-state index contributed by atoms with van der Waals surface area (Å²) in [6.45, 7) is 4.29. The fourth-order valence-corrected chi connectivity index (χ4v) is 2.96. The first-order valence-corrected chi connectivity index (χ1v) is 6.73. The predicted octanol–water partition coefficient (Wildman–Crippen LogP) is 3.17. The minimum Gasteiger partial charge on any atom is -0.271 e. The quantitative estimate of drug-likeness (QED) is 0.642. The third-order valence-corrected chi connectivity index (χ3v) is 4.14. The van der Waals surface area contributed by atoms with Crippen molar-refractivity contribution >= 4 is 11.3 Å². The normalized spacial score (nSPS) is 12.6. The van der Waals surface area contributed by atoms with Crippen LogP contribution in [0.3, 0.4) is 0 Å². The lowest BCUT2D eigenvalue weighted by Gasteiger charge is -2.16. The van der Waals surface area contributed by atoms with Crippen molar-refractivity contribution in [3.8, 4) is 0 Å².